The van der Waals surface area contributed by atoms with Crippen LogP contribution in [0.25, 0.3) is 0 Å². The van der Waals surface area contributed by atoms with E-state index in [2.05, 4.69) is 45.5 Å². The number of nitrogens with one attached hydrogen (secondary N) is 1. The first-order valence-electron chi connectivity index (χ1n) is 6.76. The SMILES string of the molecule is CNCc1cnc(N2CCC(c3ccccc3)C2)s1. The second kappa shape index (κ2) is 5.72. The summed E-state index contributed by atoms with van der Waals surface area (Å²) in [5.41, 5.74) is 1.46. The molecule has 19 heavy (non-hydrogen) atoms. The van der Waals surface area contributed by atoms with Crippen molar-refractivity contribution in [1.82, 2.24) is 10.3 Å². The maximum atomic E-state index is 4.55. The summed E-state index contributed by atoms with van der Waals surface area (Å²) in [7, 11) is 1.97. The van der Waals surface area contributed by atoms with Crippen LogP contribution in [0.1, 0.15) is 22.8 Å². The molecular weight excluding hydrogens is 254 g/mol. The summed E-state index contributed by atoms with van der Waals surface area (Å²) in [5.74, 6) is 0.651. The fraction of sp³-hybridized carbons (Fsp3) is 0.400. The van der Waals surface area contributed by atoms with E-state index in [0.717, 1.165) is 19.6 Å². The van der Waals surface area contributed by atoms with Crippen molar-refractivity contribution in [2.45, 2.75) is 18.9 Å². The third kappa shape index (κ3) is 2.80. The molecule has 0 radical (unpaired) electrons. The largest absolute Gasteiger partial charge is 0.347 e. The average Bonchev–Trinajstić information content (AvgIpc) is 3.08. The van der Waals surface area contributed by atoms with E-state index in [0.29, 0.717) is 5.92 Å². The van der Waals surface area contributed by atoms with E-state index in [9.17, 15) is 0 Å². The molecule has 1 aromatic carbocycles. The van der Waals surface area contributed by atoms with Crippen LogP contribution in [0.4, 0.5) is 5.13 Å². The lowest BCUT2D eigenvalue weighted by atomic mass is 9.99. The first-order valence-corrected chi connectivity index (χ1v) is 7.57. The van der Waals surface area contributed by atoms with Crippen LogP contribution in [0.2, 0.25) is 0 Å². The molecule has 2 heterocycles. The Hall–Kier alpha value is -1.39. The van der Waals surface area contributed by atoms with Gasteiger partial charge in [-0.05, 0) is 19.0 Å². The third-order valence-corrected chi connectivity index (χ3v) is 4.68. The standard InChI is InChI=1S/C15H19N3S/c1-16-9-14-10-17-15(19-14)18-8-7-13(11-18)12-5-3-2-4-6-12/h2-6,10,13,16H,7-9,11H2,1H3. The Kier molecular flexibility index (Phi) is 3.80. The highest BCUT2D eigenvalue weighted by Crippen LogP contribution is 2.32. The van der Waals surface area contributed by atoms with Crippen molar-refractivity contribution in [2.75, 3.05) is 25.0 Å². The number of rotatable bonds is 4. The van der Waals surface area contributed by atoms with Gasteiger partial charge in [0.15, 0.2) is 5.13 Å². The highest BCUT2D eigenvalue weighted by Gasteiger charge is 2.25. The first kappa shape index (κ1) is 12.6. The van der Waals surface area contributed by atoms with Crippen LogP contribution in [0.15, 0.2) is 36.5 Å². The van der Waals surface area contributed by atoms with E-state index in [1.165, 1.54) is 22.0 Å². The molecule has 2 aromatic rings. The van der Waals surface area contributed by atoms with Crippen LogP contribution in [0, 0.1) is 0 Å². The Morgan fingerprint density at radius 3 is 3.00 bits per heavy atom. The van der Waals surface area contributed by atoms with Crippen LogP contribution in [-0.4, -0.2) is 25.1 Å². The molecule has 0 bridgehead atoms. The molecule has 100 valence electrons. The van der Waals surface area contributed by atoms with Gasteiger partial charge in [0.1, 0.15) is 0 Å². The lowest BCUT2D eigenvalue weighted by molar-refractivity contribution is 0.775. The number of thiazole rings is 1. The molecule has 1 atom stereocenters. The van der Waals surface area contributed by atoms with Gasteiger partial charge < -0.3 is 10.2 Å². The van der Waals surface area contributed by atoms with Crippen molar-refractivity contribution in [1.29, 1.82) is 0 Å². The molecule has 1 aliphatic heterocycles. The quantitative estimate of drug-likeness (QED) is 0.928. The van der Waals surface area contributed by atoms with Gasteiger partial charge in [-0.25, -0.2) is 4.98 Å². The van der Waals surface area contributed by atoms with Gasteiger partial charge in [0.2, 0.25) is 0 Å². The minimum absolute atomic E-state index is 0.651. The van der Waals surface area contributed by atoms with Gasteiger partial charge in [-0.1, -0.05) is 30.3 Å². The normalized spacial score (nSPS) is 19.0. The Morgan fingerprint density at radius 2 is 2.21 bits per heavy atom. The Balaban J connectivity index is 1.68. The second-order valence-electron chi connectivity index (χ2n) is 4.98. The van der Waals surface area contributed by atoms with Crippen molar-refractivity contribution in [3.8, 4) is 0 Å². The van der Waals surface area contributed by atoms with E-state index >= 15 is 0 Å². The molecule has 1 aliphatic rings. The highest BCUT2D eigenvalue weighted by atomic mass is 32.1. The molecule has 1 saturated heterocycles. The van der Waals surface area contributed by atoms with Crippen molar-refractivity contribution in [3.05, 3.63) is 47.0 Å². The van der Waals surface area contributed by atoms with Gasteiger partial charge in [0.25, 0.3) is 0 Å². The predicted octanol–water partition coefficient (Wildman–Crippen LogP) is 2.86. The molecule has 1 aromatic heterocycles. The van der Waals surface area contributed by atoms with E-state index < -0.39 is 0 Å². The highest BCUT2D eigenvalue weighted by molar-refractivity contribution is 7.15. The van der Waals surface area contributed by atoms with Crippen LogP contribution < -0.4 is 10.2 Å². The van der Waals surface area contributed by atoms with Crippen LogP contribution in [-0.2, 0) is 6.54 Å². The summed E-state index contributed by atoms with van der Waals surface area (Å²) in [5, 5.41) is 4.34. The van der Waals surface area contributed by atoms with Crippen molar-refractivity contribution < 1.29 is 0 Å². The molecule has 1 N–H and O–H groups in total. The molecule has 1 unspecified atom stereocenters. The summed E-state index contributed by atoms with van der Waals surface area (Å²) in [6.45, 7) is 3.12. The van der Waals surface area contributed by atoms with Crippen molar-refractivity contribution in [2.24, 2.45) is 0 Å². The first-order chi connectivity index (χ1) is 9.36. The summed E-state index contributed by atoms with van der Waals surface area (Å²) in [6.07, 6.45) is 3.22. The van der Waals surface area contributed by atoms with Crippen LogP contribution in [0.3, 0.4) is 0 Å². The van der Waals surface area contributed by atoms with E-state index in [-0.39, 0.29) is 0 Å². The molecule has 0 saturated carbocycles. The predicted molar refractivity (Wildman–Crippen MR) is 80.9 cm³/mol. The molecule has 0 amide bonds. The summed E-state index contributed by atoms with van der Waals surface area (Å²) >= 11 is 1.80. The number of anilines is 1. The molecular formula is C15H19N3S. The molecule has 0 aliphatic carbocycles. The van der Waals surface area contributed by atoms with E-state index in [1.54, 1.807) is 11.3 Å². The maximum Gasteiger partial charge on any atom is 0.185 e. The van der Waals surface area contributed by atoms with Gasteiger partial charge >= 0.3 is 0 Å². The second-order valence-corrected chi connectivity index (χ2v) is 6.08. The Bertz CT molecular complexity index is 523. The molecule has 3 rings (SSSR count). The molecule has 1 fully saturated rings. The fourth-order valence-corrected chi connectivity index (χ4v) is 3.59. The summed E-state index contributed by atoms with van der Waals surface area (Å²) in [6, 6.07) is 10.8. The Labute approximate surface area is 118 Å². The average molecular weight is 273 g/mol. The number of benzene rings is 1. The van der Waals surface area contributed by atoms with Gasteiger partial charge in [0, 0.05) is 36.6 Å². The number of aromatic nitrogens is 1. The van der Waals surface area contributed by atoms with E-state index in [4.69, 9.17) is 0 Å². The number of hydrogen-bond donors (Lipinski definition) is 1. The molecule has 4 heteroatoms. The Morgan fingerprint density at radius 1 is 1.37 bits per heavy atom. The fourth-order valence-electron chi connectivity index (χ4n) is 2.63. The van der Waals surface area contributed by atoms with E-state index in [1.807, 2.05) is 13.2 Å². The lowest BCUT2D eigenvalue weighted by Gasteiger charge is -2.15. The van der Waals surface area contributed by atoms with Crippen LogP contribution >= 0.6 is 11.3 Å². The zero-order valence-corrected chi connectivity index (χ0v) is 12.0. The van der Waals surface area contributed by atoms with Gasteiger partial charge in [-0.3, -0.25) is 0 Å². The van der Waals surface area contributed by atoms with Gasteiger partial charge in [0.05, 0.1) is 0 Å². The monoisotopic (exact) mass is 273 g/mol. The van der Waals surface area contributed by atoms with Crippen molar-refractivity contribution in [3.63, 3.8) is 0 Å². The van der Waals surface area contributed by atoms with Gasteiger partial charge in [-0.2, -0.15) is 0 Å². The van der Waals surface area contributed by atoms with Crippen LogP contribution in [0.5, 0.6) is 0 Å². The minimum Gasteiger partial charge on any atom is -0.347 e. The zero-order valence-electron chi connectivity index (χ0n) is 11.2. The minimum atomic E-state index is 0.651. The number of nitrogens with zero attached hydrogens (tertiary/aromatic N) is 2. The lowest BCUT2D eigenvalue weighted by Crippen LogP contribution is -2.18. The third-order valence-electron chi connectivity index (χ3n) is 3.62. The maximum absolute atomic E-state index is 4.55. The zero-order chi connectivity index (χ0) is 13.1. The topological polar surface area (TPSA) is 28.2 Å². The summed E-state index contributed by atoms with van der Waals surface area (Å²) in [4.78, 5) is 8.27. The summed E-state index contributed by atoms with van der Waals surface area (Å²) < 4.78 is 0. The smallest absolute Gasteiger partial charge is 0.185 e. The van der Waals surface area contributed by atoms with Gasteiger partial charge in [-0.15, -0.1) is 11.3 Å². The van der Waals surface area contributed by atoms with Crippen molar-refractivity contribution >= 4 is 16.5 Å². The molecule has 0 spiro atoms. The molecule has 3 nitrogen and oxygen atoms in total. The number of hydrogen-bond acceptors (Lipinski definition) is 4.